The van der Waals surface area contributed by atoms with E-state index in [4.69, 9.17) is 0 Å². The number of imide groups is 1. The molecule has 0 aromatic rings. The maximum Gasteiger partial charge on any atom is 0.242 e. The number of rotatable bonds is 7. The Kier molecular flexibility index (Phi) is 16.2. The molecule has 0 aliphatic carbocycles. The smallest absolute Gasteiger partial charge is 0.242 e. The summed E-state index contributed by atoms with van der Waals surface area (Å²) in [5.41, 5.74) is 0. The largest absolute Gasteiger partial charge is 0.282 e. The topological polar surface area (TPSA) is 37.4 Å². The number of likely N-dealkylation sites (tertiary alicyclic amines) is 1. The molecule has 1 rings (SSSR count). The lowest BCUT2D eigenvalue weighted by atomic mass is 10.1. The van der Waals surface area contributed by atoms with Crippen molar-refractivity contribution < 1.29 is 9.59 Å². The highest BCUT2D eigenvalue weighted by Crippen LogP contribution is 2.23. The van der Waals surface area contributed by atoms with Gasteiger partial charge in [-0.3, -0.25) is 14.5 Å². The summed E-state index contributed by atoms with van der Waals surface area (Å²) in [6.07, 6.45) is 8.03. The van der Waals surface area contributed by atoms with Crippen molar-refractivity contribution in [2.45, 2.75) is 78.4 Å². The van der Waals surface area contributed by atoms with Crippen LogP contribution in [-0.4, -0.2) is 34.8 Å². The van der Waals surface area contributed by atoms with Crippen LogP contribution in [0.1, 0.15) is 73.1 Å². The van der Waals surface area contributed by atoms with Crippen molar-refractivity contribution >= 4 is 23.6 Å². The van der Waals surface area contributed by atoms with Crippen LogP contribution in [0.4, 0.5) is 0 Å². The summed E-state index contributed by atoms with van der Waals surface area (Å²) < 4.78 is 0. The predicted molar refractivity (Wildman–Crippen MR) is 90.1 cm³/mol. The first-order chi connectivity index (χ1) is 9.70. The zero-order valence-electron chi connectivity index (χ0n) is 14.2. The van der Waals surface area contributed by atoms with Gasteiger partial charge in [-0.05, 0) is 12.7 Å². The summed E-state index contributed by atoms with van der Waals surface area (Å²) in [5.74, 6) is 0.0350. The van der Waals surface area contributed by atoms with Gasteiger partial charge in [-0.25, -0.2) is 0 Å². The van der Waals surface area contributed by atoms with Crippen LogP contribution < -0.4 is 0 Å². The number of nitrogens with zero attached hydrogens (tertiary/aromatic N) is 1. The Bertz CT molecular complexity index is 257. The van der Waals surface area contributed by atoms with Gasteiger partial charge in [-0.1, -0.05) is 60.3 Å². The van der Waals surface area contributed by atoms with Crippen LogP contribution in [0.15, 0.2) is 0 Å². The number of hydrogen-bond donors (Lipinski definition) is 0. The SMILES string of the molecule is CC.CC.CCCCCCCN1C(=O)CC(SC)C1=O. The maximum absolute atomic E-state index is 11.8. The molecular weight excluding hydrogens is 270 g/mol. The van der Waals surface area contributed by atoms with Crippen LogP contribution in [0.25, 0.3) is 0 Å². The van der Waals surface area contributed by atoms with Crippen LogP contribution in [-0.2, 0) is 9.59 Å². The Morgan fingerprint density at radius 1 is 1.05 bits per heavy atom. The second kappa shape index (κ2) is 14.9. The summed E-state index contributed by atoms with van der Waals surface area (Å²) in [4.78, 5) is 24.8. The summed E-state index contributed by atoms with van der Waals surface area (Å²) in [6.45, 7) is 10.8. The van der Waals surface area contributed by atoms with E-state index in [9.17, 15) is 9.59 Å². The summed E-state index contributed by atoms with van der Waals surface area (Å²) in [5, 5.41) is -0.122. The van der Waals surface area contributed by atoms with E-state index in [1.54, 1.807) is 0 Å². The Morgan fingerprint density at radius 2 is 1.60 bits per heavy atom. The van der Waals surface area contributed by atoms with Crippen LogP contribution in [0.3, 0.4) is 0 Å². The number of amides is 2. The molecule has 2 amide bonds. The van der Waals surface area contributed by atoms with Gasteiger partial charge in [0.25, 0.3) is 0 Å². The first-order valence-corrected chi connectivity index (χ1v) is 9.36. The molecule has 1 aliphatic rings. The molecule has 0 spiro atoms. The van der Waals surface area contributed by atoms with E-state index in [1.807, 2.05) is 34.0 Å². The lowest BCUT2D eigenvalue weighted by molar-refractivity contribution is -0.138. The number of hydrogen-bond acceptors (Lipinski definition) is 3. The first-order valence-electron chi connectivity index (χ1n) is 8.07. The molecule has 1 saturated heterocycles. The van der Waals surface area contributed by atoms with Gasteiger partial charge in [0.05, 0.1) is 5.25 Å². The third kappa shape index (κ3) is 7.93. The van der Waals surface area contributed by atoms with E-state index in [-0.39, 0.29) is 17.1 Å². The van der Waals surface area contributed by atoms with Crippen LogP contribution in [0.2, 0.25) is 0 Å². The fraction of sp³-hybridized carbons (Fsp3) is 0.875. The zero-order valence-corrected chi connectivity index (χ0v) is 15.0. The molecule has 1 atom stereocenters. The molecule has 0 saturated carbocycles. The average Bonchev–Trinajstić information content (AvgIpc) is 2.78. The van der Waals surface area contributed by atoms with E-state index in [0.29, 0.717) is 13.0 Å². The standard InChI is InChI=1S/C12H21NO2S.2C2H6/c1-3-4-5-6-7-8-13-11(14)9-10(16-2)12(13)15;2*1-2/h10H,3-9H2,1-2H3;2*1-2H3. The number of thioether (sulfide) groups is 1. The molecule has 3 nitrogen and oxygen atoms in total. The van der Waals surface area contributed by atoms with Gasteiger partial charge in [-0.15, -0.1) is 0 Å². The minimum Gasteiger partial charge on any atom is -0.282 e. The van der Waals surface area contributed by atoms with Crippen molar-refractivity contribution in [3.05, 3.63) is 0 Å². The minimum absolute atomic E-state index is 0.0137. The lowest BCUT2D eigenvalue weighted by Crippen LogP contribution is -2.32. The van der Waals surface area contributed by atoms with Crippen molar-refractivity contribution in [3.63, 3.8) is 0 Å². The van der Waals surface area contributed by atoms with Gasteiger partial charge in [0.1, 0.15) is 0 Å². The second-order valence-corrected chi connectivity index (χ2v) is 5.27. The Labute approximate surface area is 129 Å². The lowest BCUT2D eigenvalue weighted by Gasteiger charge is -2.14. The van der Waals surface area contributed by atoms with E-state index in [0.717, 1.165) is 12.8 Å². The Morgan fingerprint density at radius 3 is 2.05 bits per heavy atom. The molecule has 0 radical (unpaired) electrons. The third-order valence-electron chi connectivity index (χ3n) is 2.97. The maximum atomic E-state index is 11.8. The normalized spacial score (nSPS) is 17.3. The fourth-order valence-electron chi connectivity index (χ4n) is 1.95. The van der Waals surface area contributed by atoms with Crippen LogP contribution in [0, 0.1) is 0 Å². The van der Waals surface area contributed by atoms with Gasteiger partial charge >= 0.3 is 0 Å². The van der Waals surface area contributed by atoms with E-state index >= 15 is 0 Å². The van der Waals surface area contributed by atoms with Crippen molar-refractivity contribution in [3.8, 4) is 0 Å². The number of carbonyl (C=O) groups excluding carboxylic acids is 2. The monoisotopic (exact) mass is 303 g/mol. The summed E-state index contributed by atoms with van der Waals surface area (Å²) in [6, 6.07) is 0. The molecule has 1 fully saturated rings. The minimum atomic E-state index is -0.122. The molecule has 4 heteroatoms. The van der Waals surface area contributed by atoms with Crippen molar-refractivity contribution in [1.82, 2.24) is 4.90 Å². The highest BCUT2D eigenvalue weighted by molar-refractivity contribution is 8.00. The summed E-state index contributed by atoms with van der Waals surface area (Å²) >= 11 is 1.48. The molecule has 0 aromatic carbocycles. The molecule has 1 heterocycles. The predicted octanol–water partition coefficient (Wildman–Crippen LogP) is 4.50. The number of unbranched alkanes of at least 4 members (excludes halogenated alkanes) is 4. The molecule has 0 N–H and O–H groups in total. The van der Waals surface area contributed by atoms with Crippen LogP contribution in [0.5, 0.6) is 0 Å². The summed E-state index contributed by atoms with van der Waals surface area (Å²) in [7, 11) is 0. The molecule has 20 heavy (non-hydrogen) atoms. The molecule has 120 valence electrons. The van der Waals surface area contributed by atoms with Crippen LogP contribution >= 0.6 is 11.8 Å². The zero-order chi connectivity index (χ0) is 16.0. The fourth-order valence-corrected chi connectivity index (χ4v) is 2.58. The molecule has 0 aromatic heterocycles. The molecule has 1 aliphatic heterocycles. The molecule has 1 unspecified atom stereocenters. The second-order valence-electron chi connectivity index (χ2n) is 4.23. The van der Waals surface area contributed by atoms with E-state index in [2.05, 4.69) is 6.92 Å². The highest BCUT2D eigenvalue weighted by atomic mass is 32.2. The first kappa shape index (κ1) is 21.8. The molecular formula is C16H33NO2S. The van der Waals surface area contributed by atoms with Gasteiger partial charge in [0, 0.05) is 13.0 Å². The van der Waals surface area contributed by atoms with Gasteiger partial charge in [-0.2, -0.15) is 11.8 Å². The van der Waals surface area contributed by atoms with Gasteiger partial charge in [0.2, 0.25) is 11.8 Å². The third-order valence-corrected chi connectivity index (χ3v) is 3.91. The Hall–Kier alpha value is -0.510. The number of carbonyl (C=O) groups is 2. The highest BCUT2D eigenvalue weighted by Gasteiger charge is 2.37. The van der Waals surface area contributed by atoms with Gasteiger partial charge in [0.15, 0.2) is 0 Å². The quantitative estimate of drug-likeness (QED) is 0.513. The average molecular weight is 304 g/mol. The van der Waals surface area contributed by atoms with E-state index in [1.165, 1.54) is 35.9 Å². The van der Waals surface area contributed by atoms with Crippen molar-refractivity contribution in [1.29, 1.82) is 0 Å². The molecule has 0 bridgehead atoms. The van der Waals surface area contributed by atoms with E-state index < -0.39 is 0 Å². The van der Waals surface area contributed by atoms with Crippen molar-refractivity contribution in [2.75, 3.05) is 12.8 Å². The Balaban J connectivity index is 0. The van der Waals surface area contributed by atoms with Gasteiger partial charge < -0.3 is 0 Å². The van der Waals surface area contributed by atoms with Crippen molar-refractivity contribution in [2.24, 2.45) is 0 Å².